The van der Waals surface area contributed by atoms with Gasteiger partial charge in [-0.05, 0) is 30.3 Å². The molecule has 0 aliphatic rings. The SMILES string of the molecule is N#Cc1ccc(Oc2nc(-c3cncc(F)c3)nnc2C#N)cc1. The molecule has 3 aromatic rings. The topological polar surface area (TPSA) is 108 Å². The fourth-order valence-corrected chi connectivity index (χ4v) is 1.82. The summed E-state index contributed by atoms with van der Waals surface area (Å²) >= 11 is 0. The van der Waals surface area contributed by atoms with Gasteiger partial charge < -0.3 is 4.74 Å². The van der Waals surface area contributed by atoms with Gasteiger partial charge in [0.05, 0.1) is 17.8 Å². The van der Waals surface area contributed by atoms with E-state index in [0.29, 0.717) is 16.9 Å². The number of ether oxygens (including phenoxy) is 1. The second kappa shape index (κ2) is 6.46. The average molecular weight is 318 g/mol. The molecule has 0 saturated carbocycles. The molecule has 0 radical (unpaired) electrons. The highest BCUT2D eigenvalue weighted by atomic mass is 19.1. The van der Waals surface area contributed by atoms with Crippen LogP contribution in [0, 0.1) is 28.5 Å². The average Bonchev–Trinajstić information content (AvgIpc) is 2.62. The molecule has 0 aliphatic carbocycles. The normalized spacial score (nSPS) is 9.79. The molecule has 2 aromatic heterocycles. The Hall–Kier alpha value is -3.91. The van der Waals surface area contributed by atoms with Crippen molar-refractivity contribution in [1.82, 2.24) is 20.2 Å². The summed E-state index contributed by atoms with van der Waals surface area (Å²) in [7, 11) is 0. The Labute approximate surface area is 135 Å². The first-order chi connectivity index (χ1) is 11.7. The molecule has 0 fully saturated rings. The maximum absolute atomic E-state index is 13.3. The fraction of sp³-hybridized carbons (Fsp3) is 0. The number of hydrogen-bond donors (Lipinski definition) is 0. The van der Waals surface area contributed by atoms with Gasteiger partial charge in [-0.2, -0.15) is 15.5 Å². The van der Waals surface area contributed by atoms with Crippen LogP contribution in [0.25, 0.3) is 11.4 Å². The minimum atomic E-state index is -0.546. The third-order valence-corrected chi connectivity index (χ3v) is 2.92. The number of benzene rings is 1. The molecule has 0 N–H and O–H groups in total. The second-order valence-corrected chi connectivity index (χ2v) is 4.53. The summed E-state index contributed by atoms with van der Waals surface area (Å²) in [5.41, 5.74) is 0.652. The molecule has 0 unspecified atom stereocenters. The van der Waals surface area contributed by atoms with E-state index in [-0.39, 0.29) is 17.4 Å². The number of halogens is 1. The number of pyridine rings is 1. The van der Waals surface area contributed by atoms with Crippen LogP contribution in [0.4, 0.5) is 4.39 Å². The van der Waals surface area contributed by atoms with E-state index < -0.39 is 5.82 Å². The molecule has 0 spiro atoms. The maximum atomic E-state index is 13.3. The molecule has 1 aromatic carbocycles. The number of aromatic nitrogens is 4. The molecule has 8 heteroatoms. The number of rotatable bonds is 3. The van der Waals surface area contributed by atoms with Crippen LogP contribution < -0.4 is 4.74 Å². The van der Waals surface area contributed by atoms with Crippen LogP contribution in [0.1, 0.15) is 11.3 Å². The molecule has 114 valence electrons. The highest BCUT2D eigenvalue weighted by Gasteiger charge is 2.13. The van der Waals surface area contributed by atoms with Crippen molar-refractivity contribution in [3.05, 3.63) is 59.8 Å². The zero-order chi connectivity index (χ0) is 16.9. The lowest BCUT2D eigenvalue weighted by molar-refractivity contribution is 0.455. The lowest BCUT2D eigenvalue weighted by Crippen LogP contribution is -2.01. The minimum Gasteiger partial charge on any atom is -0.436 e. The van der Waals surface area contributed by atoms with Crippen LogP contribution in [0.3, 0.4) is 0 Å². The Morgan fingerprint density at radius 3 is 2.46 bits per heavy atom. The predicted octanol–water partition coefficient (Wildman–Crippen LogP) is 2.61. The third kappa shape index (κ3) is 3.13. The van der Waals surface area contributed by atoms with Gasteiger partial charge in [0, 0.05) is 11.8 Å². The fourth-order valence-electron chi connectivity index (χ4n) is 1.82. The van der Waals surface area contributed by atoms with Gasteiger partial charge in [-0.1, -0.05) is 0 Å². The van der Waals surface area contributed by atoms with E-state index in [0.717, 1.165) is 6.20 Å². The molecule has 0 saturated heterocycles. The van der Waals surface area contributed by atoms with E-state index in [9.17, 15) is 4.39 Å². The number of nitriles is 2. The first-order valence-corrected chi connectivity index (χ1v) is 6.63. The van der Waals surface area contributed by atoms with Crippen molar-refractivity contribution in [2.75, 3.05) is 0 Å². The first-order valence-electron chi connectivity index (χ1n) is 6.63. The third-order valence-electron chi connectivity index (χ3n) is 2.92. The van der Waals surface area contributed by atoms with Gasteiger partial charge in [-0.25, -0.2) is 4.39 Å². The van der Waals surface area contributed by atoms with E-state index in [1.807, 2.05) is 12.1 Å². The highest BCUT2D eigenvalue weighted by molar-refractivity contribution is 5.54. The summed E-state index contributed by atoms with van der Waals surface area (Å²) in [4.78, 5) is 7.82. The highest BCUT2D eigenvalue weighted by Crippen LogP contribution is 2.24. The van der Waals surface area contributed by atoms with Gasteiger partial charge >= 0.3 is 0 Å². The predicted molar refractivity (Wildman–Crippen MR) is 79.0 cm³/mol. The molecule has 7 nitrogen and oxygen atoms in total. The van der Waals surface area contributed by atoms with Crippen molar-refractivity contribution in [2.45, 2.75) is 0 Å². The first kappa shape index (κ1) is 15.0. The summed E-state index contributed by atoms with van der Waals surface area (Å²) in [6, 6.07) is 11.3. The van der Waals surface area contributed by atoms with Gasteiger partial charge in [-0.3, -0.25) is 4.98 Å². The molecule has 0 amide bonds. The quantitative estimate of drug-likeness (QED) is 0.730. The van der Waals surface area contributed by atoms with E-state index >= 15 is 0 Å². The van der Waals surface area contributed by atoms with Crippen LogP contribution in [0.5, 0.6) is 11.6 Å². The molecule has 0 aliphatic heterocycles. The number of nitrogens with zero attached hydrogens (tertiary/aromatic N) is 6. The van der Waals surface area contributed by atoms with Crippen molar-refractivity contribution in [2.24, 2.45) is 0 Å². The number of hydrogen-bond acceptors (Lipinski definition) is 7. The summed E-state index contributed by atoms with van der Waals surface area (Å²) in [5.74, 6) is -0.176. The molecular formula is C16H7FN6O. The van der Waals surface area contributed by atoms with Crippen molar-refractivity contribution in [3.63, 3.8) is 0 Å². The molecule has 2 heterocycles. The van der Waals surface area contributed by atoms with Gasteiger partial charge in [-0.15, -0.1) is 10.2 Å². The summed E-state index contributed by atoms with van der Waals surface area (Å²) < 4.78 is 18.8. The monoisotopic (exact) mass is 318 g/mol. The maximum Gasteiger partial charge on any atom is 0.260 e. The van der Waals surface area contributed by atoms with Crippen LogP contribution in [0.2, 0.25) is 0 Å². The zero-order valence-corrected chi connectivity index (χ0v) is 12.0. The van der Waals surface area contributed by atoms with Crippen molar-refractivity contribution < 1.29 is 9.13 Å². The standard InChI is InChI=1S/C16H7FN6O/c17-12-5-11(8-20-9-12)15-21-16(14(7-19)22-23-15)24-13-3-1-10(6-18)2-4-13/h1-5,8-9H. The van der Waals surface area contributed by atoms with Gasteiger partial charge in [0.25, 0.3) is 5.88 Å². The Kier molecular flexibility index (Phi) is 4.04. The van der Waals surface area contributed by atoms with Crippen molar-refractivity contribution >= 4 is 0 Å². The van der Waals surface area contributed by atoms with Gasteiger partial charge in [0.15, 0.2) is 5.82 Å². The zero-order valence-electron chi connectivity index (χ0n) is 12.0. The van der Waals surface area contributed by atoms with Crippen LogP contribution >= 0.6 is 0 Å². The minimum absolute atomic E-state index is 0.0727. The van der Waals surface area contributed by atoms with E-state index in [1.165, 1.54) is 12.3 Å². The van der Waals surface area contributed by atoms with Crippen LogP contribution in [-0.2, 0) is 0 Å². The summed E-state index contributed by atoms with van der Waals surface area (Å²) in [6.45, 7) is 0. The molecular weight excluding hydrogens is 311 g/mol. The van der Waals surface area contributed by atoms with Crippen LogP contribution in [-0.4, -0.2) is 20.2 Å². The summed E-state index contributed by atoms with van der Waals surface area (Å²) in [5, 5.41) is 25.4. The van der Waals surface area contributed by atoms with Crippen molar-refractivity contribution in [1.29, 1.82) is 10.5 Å². The Balaban J connectivity index is 1.98. The lowest BCUT2D eigenvalue weighted by atomic mass is 10.2. The lowest BCUT2D eigenvalue weighted by Gasteiger charge is -2.07. The van der Waals surface area contributed by atoms with E-state index in [1.54, 1.807) is 24.3 Å². The second-order valence-electron chi connectivity index (χ2n) is 4.53. The Morgan fingerprint density at radius 1 is 1.00 bits per heavy atom. The van der Waals surface area contributed by atoms with E-state index in [4.69, 9.17) is 15.3 Å². The van der Waals surface area contributed by atoms with Gasteiger partial charge in [0.1, 0.15) is 17.6 Å². The van der Waals surface area contributed by atoms with Crippen LogP contribution in [0.15, 0.2) is 42.7 Å². The molecule has 24 heavy (non-hydrogen) atoms. The largest absolute Gasteiger partial charge is 0.436 e. The Morgan fingerprint density at radius 2 is 1.79 bits per heavy atom. The Bertz CT molecular complexity index is 975. The summed E-state index contributed by atoms with van der Waals surface area (Å²) in [6.07, 6.45) is 2.42. The molecule has 0 bridgehead atoms. The smallest absolute Gasteiger partial charge is 0.260 e. The molecule has 0 atom stereocenters. The van der Waals surface area contributed by atoms with E-state index in [2.05, 4.69) is 20.2 Å². The van der Waals surface area contributed by atoms with Crippen molar-refractivity contribution in [3.8, 4) is 35.2 Å². The van der Waals surface area contributed by atoms with Gasteiger partial charge in [0.2, 0.25) is 5.69 Å². The molecule has 3 rings (SSSR count).